The van der Waals surface area contributed by atoms with Gasteiger partial charge in [-0.05, 0) is 17.5 Å². The van der Waals surface area contributed by atoms with E-state index in [0.29, 0.717) is 6.42 Å². The van der Waals surface area contributed by atoms with Crippen molar-refractivity contribution in [1.29, 1.82) is 0 Å². The third kappa shape index (κ3) is 1.76. The van der Waals surface area contributed by atoms with Crippen molar-refractivity contribution in [3.05, 3.63) is 0 Å². The minimum atomic E-state index is -1.02. The van der Waals surface area contributed by atoms with Gasteiger partial charge in [0.2, 0.25) is 5.91 Å². The highest BCUT2D eigenvalue weighted by Gasteiger charge is 2.49. The molecule has 0 radical (unpaired) electrons. The molecule has 2 atom stereocenters. The van der Waals surface area contributed by atoms with Crippen LogP contribution in [0.2, 0.25) is 0 Å². The molecular formula is C10H15N2O2S-. The maximum atomic E-state index is 11.9. The first-order chi connectivity index (χ1) is 6.98. The molecule has 0 saturated carbocycles. The van der Waals surface area contributed by atoms with Crippen molar-refractivity contribution in [2.24, 2.45) is 16.3 Å². The molecule has 2 amide bonds. The normalized spacial score (nSPS) is 28.3. The number of hydrogen-bond acceptors (Lipinski definition) is 3. The molecule has 0 fully saturated rings. The predicted molar refractivity (Wildman–Crippen MR) is 60.1 cm³/mol. The molecule has 0 spiro atoms. The lowest BCUT2D eigenvalue weighted by molar-refractivity contribution is -0.145. The summed E-state index contributed by atoms with van der Waals surface area (Å²) in [7, 11) is 0. The van der Waals surface area contributed by atoms with E-state index in [9.17, 15) is 9.59 Å². The van der Waals surface area contributed by atoms with Crippen LogP contribution in [0, 0.1) is 11.3 Å². The Morgan fingerprint density at radius 3 is 2.47 bits per heavy atom. The summed E-state index contributed by atoms with van der Waals surface area (Å²) in [5, 5.41) is 2.46. The first-order valence-electron chi connectivity index (χ1n) is 5.10. The van der Waals surface area contributed by atoms with Crippen LogP contribution in [0.3, 0.4) is 0 Å². The highest BCUT2D eigenvalue weighted by atomic mass is 32.1. The topological polar surface area (TPSA) is 58.5 Å². The minimum absolute atomic E-state index is 0.0163. The molecule has 4 nitrogen and oxygen atoms in total. The van der Waals surface area contributed by atoms with Gasteiger partial charge in [-0.25, -0.2) is 4.99 Å². The van der Waals surface area contributed by atoms with E-state index in [0.717, 1.165) is 6.42 Å². The monoisotopic (exact) mass is 227 g/mol. The van der Waals surface area contributed by atoms with Crippen LogP contribution in [-0.4, -0.2) is 17.0 Å². The fraction of sp³-hybridized carbons (Fsp3) is 0.700. The molecule has 5 heteroatoms. The highest BCUT2D eigenvalue weighted by molar-refractivity contribution is 7.77. The Labute approximate surface area is 94.9 Å². The van der Waals surface area contributed by atoms with Crippen molar-refractivity contribution >= 4 is 29.6 Å². The number of carbonyl (C=O) groups is 2. The SMILES string of the molecule is CCC(C)C1(CC)C(=O)N=C([S-])NC1=O. The number of rotatable bonds is 3. The second-order valence-corrected chi connectivity index (χ2v) is 4.20. The lowest BCUT2D eigenvalue weighted by Gasteiger charge is -2.37. The van der Waals surface area contributed by atoms with Crippen LogP contribution in [0.15, 0.2) is 4.99 Å². The van der Waals surface area contributed by atoms with Gasteiger partial charge in [0.05, 0.1) is 0 Å². The van der Waals surface area contributed by atoms with Crippen LogP contribution in [-0.2, 0) is 22.2 Å². The molecule has 1 heterocycles. The van der Waals surface area contributed by atoms with E-state index in [1.807, 2.05) is 20.8 Å². The first kappa shape index (κ1) is 12.1. The van der Waals surface area contributed by atoms with Gasteiger partial charge in [0.1, 0.15) is 5.41 Å². The molecule has 0 aromatic carbocycles. The van der Waals surface area contributed by atoms with Crippen molar-refractivity contribution in [1.82, 2.24) is 5.32 Å². The number of aliphatic imine (C=N–C) groups is 1. The largest absolute Gasteiger partial charge is 0.742 e. The molecule has 1 N–H and O–H groups in total. The standard InChI is InChI=1S/C10H16N2O2S/c1-4-6(3)10(5-2)7(13)11-9(15)12-8(10)14/h6H,4-5H2,1-3H3,(H2,11,12,13,14,15)/p-1. The first-order valence-corrected chi connectivity index (χ1v) is 5.51. The van der Waals surface area contributed by atoms with E-state index in [1.54, 1.807) is 0 Å². The Balaban J connectivity index is 3.18. The van der Waals surface area contributed by atoms with E-state index in [1.165, 1.54) is 0 Å². The molecule has 0 aromatic heterocycles. The predicted octanol–water partition coefficient (Wildman–Crippen LogP) is 0.988. The smallest absolute Gasteiger partial charge is 0.261 e. The second kappa shape index (κ2) is 4.26. The Morgan fingerprint density at radius 1 is 1.47 bits per heavy atom. The molecular weight excluding hydrogens is 212 g/mol. The number of hydrogen-bond donors (Lipinski definition) is 1. The maximum absolute atomic E-state index is 11.9. The van der Waals surface area contributed by atoms with Crippen LogP contribution in [0.5, 0.6) is 0 Å². The summed E-state index contributed by atoms with van der Waals surface area (Å²) < 4.78 is 0. The average molecular weight is 227 g/mol. The summed E-state index contributed by atoms with van der Waals surface area (Å²) in [6.45, 7) is 5.67. The van der Waals surface area contributed by atoms with Crippen molar-refractivity contribution in [2.45, 2.75) is 33.6 Å². The van der Waals surface area contributed by atoms with Crippen LogP contribution < -0.4 is 5.32 Å². The van der Waals surface area contributed by atoms with Crippen molar-refractivity contribution in [2.75, 3.05) is 0 Å². The molecule has 0 saturated heterocycles. The average Bonchev–Trinajstić information content (AvgIpc) is 2.17. The summed E-state index contributed by atoms with van der Waals surface area (Å²) in [5.74, 6) is -0.723. The zero-order valence-corrected chi connectivity index (χ0v) is 9.98. The summed E-state index contributed by atoms with van der Waals surface area (Å²) in [6.07, 6.45) is 1.22. The van der Waals surface area contributed by atoms with E-state index >= 15 is 0 Å². The second-order valence-electron chi connectivity index (χ2n) is 3.81. The number of carbonyl (C=O) groups excluding carboxylic acids is 2. The number of amides is 2. The Bertz CT molecular complexity index is 327. The van der Waals surface area contributed by atoms with E-state index in [4.69, 9.17) is 12.6 Å². The fourth-order valence-corrected chi connectivity index (χ4v) is 2.14. The van der Waals surface area contributed by atoms with Gasteiger partial charge in [-0.15, -0.1) is 0 Å². The Hall–Kier alpha value is -0.970. The fourth-order valence-electron chi connectivity index (χ4n) is 1.97. The summed E-state index contributed by atoms with van der Waals surface area (Å²) in [6, 6.07) is 0. The Morgan fingerprint density at radius 2 is 2.07 bits per heavy atom. The molecule has 15 heavy (non-hydrogen) atoms. The zero-order valence-electron chi connectivity index (χ0n) is 9.16. The third-order valence-electron chi connectivity index (χ3n) is 3.22. The summed E-state index contributed by atoms with van der Waals surface area (Å²) in [4.78, 5) is 27.4. The summed E-state index contributed by atoms with van der Waals surface area (Å²) >= 11 is 4.71. The van der Waals surface area contributed by atoms with Crippen LogP contribution in [0.1, 0.15) is 33.6 Å². The quantitative estimate of drug-likeness (QED) is 0.578. The van der Waals surface area contributed by atoms with E-state index in [-0.39, 0.29) is 17.0 Å². The van der Waals surface area contributed by atoms with Gasteiger partial charge in [-0.3, -0.25) is 9.59 Å². The third-order valence-corrected chi connectivity index (χ3v) is 3.42. The van der Waals surface area contributed by atoms with Gasteiger partial charge in [-0.2, -0.15) is 0 Å². The molecule has 0 bridgehead atoms. The number of nitrogens with zero attached hydrogens (tertiary/aromatic N) is 1. The van der Waals surface area contributed by atoms with Gasteiger partial charge < -0.3 is 17.9 Å². The zero-order chi connectivity index (χ0) is 11.6. The van der Waals surface area contributed by atoms with Crippen LogP contribution >= 0.6 is 0 Å². The van der Waals surface area contributed by atoms with Crippen LogP contribution in [0.4, 0.5) is 0 Å². The van der Waals surface area contributed by atoms with E-state index in [2.05, 4.69) is 10.3 Å². The summed E-state index contributed by atoms with van der Waals surface area (Å²) in [5.41, 5.74) is -1.02. The molecule has 0 aliphatic carbocycles. The molecule has 1 aliphatic rings. The molecule has 2 unspecified atom stereocenters. The maximum Gasteiger partial charge on any atom is 0.261 e. The van der Waals surface area contributed by atoms with Gasteiger partial charge in [0.15, 0.2) is 0 Å². The van der Waals surface area contributed by atoms with Gasteiger partial charge in [0, 0.05) is 0 Å². The van der Waals surface area contributed by atoms with Crippen molar-refractivity contribution < 1.29 is 9.59 Å². The van der Waals surface area contributed by atoms with Gasteiger partial charge >= 0.3 is 0 Å². The molecule has 1 rings (SSSR count). The molecule has 0 aromatic rings. The van der Waals surface area contributed by atoms with Crippen LogP contribution in [0.25, 0.3) is 0 Å². The van der Waals surface area contributed by atoms with Gasteiger partial charge in [0.25, 0.3) is 5.91 Å². The molecule has 84 valence electrons. The number of amidine groups is 1. The van der Waals surface area contributed by atoms with E-state index < -0.39 is 11.3 Å². The van der Waals surface area contributed by atoms with Crippen molar-refractivity contribution in [3.8, 4) is 0 Å². The lowest BCUT2D eigenvalue weighted by atomic mass is 9.71. The molecule has 1 aliphatic heterocycles. The van der Waals surface area contributed by atoms with Gasteiger partial charge in [-0.1, -0.05) is 27.2 Å². The number of nitrogens with one attached hydrogen (secondary N) is 1. The lowest BCUT2D eigenvalue weighted by Crippen LogP contribution is -2.54. The van der Waals surface area contributed by atoms with Crippen molar-refractivity contribution in [3.63, 3.8) is 0 Å². The highest BCUT2D eigenvalue weighted by Crippen LogP contribution is 2.37. The minimum Gasteiger partial charge on any atom is -0.742 e. The Kier molecular flexibility index (Phi) is 3.44.